The van der Waals surface area contributed by atoms with Gasteiger partial charge in [0.1, 0.15) is 5.60 Å². The van der Waals surface area contributed by atoms with Crippen molar-refractivity contribution in [2.24, 2.45) is 10.5 Å². The van der Waals surface area contributed by atoms with Crippen LogP contribution in [0.25, 0.3) is 10.4 Å². The quantitative estimate of drug-likeness (QED) is 0.465. The van der Waals surface area contributed by atoms with Gasteiger partial charge in [0, 0.05) is 11.5 Å². The van der Waals surface area contributed by atoms with Crippen molar-refractivity contribution < 1.29 is 9.53 Å². The molecular formula is C11H18N4O2. The number of rotatable bonds is 3. The smallest absolute Gasteiger partial charge is 0.407 e. The molecule has 0 spiro atoms. The van der Waals surface area contributed by atoms with Gasteiger partial charge in [-0.05, 0) is 51.0 Å². The molecule has 3 saturated carbocycles. The SMILES string of the molecule is CC(C)(C)OC(=O)NCC12CC(N=[N+]=[N-])(C1)C2. The highest BCUT2D eigenvalue weighted by Gasteiger charge is 2.67. The maximum Gasteiger partial charge on any atom is 0.407 e. The second-order valence-corrected chi connectivity index (χ2v) is 6.30. The maximum absolute atomic E-state index is 11.5. The Kier molecular flexibility index (Phi) is 2.51. The topological polar surface area (TPSA) is 87.1 Å². The van der Waals surface area contributed by atoms with Crippen molar-refractivity contribution in [3.05, 3.63) is 10.4 Å². The fraction of sp³-hybridized carbons (Fsp3) is 0.909. The summed E-state index contributed by atoms with van der Waals surface area (Å²) in [5, 5.41) is 6.58. The van der Waals surface area contributed by atoms with E-state index in [1.54, 1.807) is 0 Å². The first-order valence-corrected chi connectivity index (χ1v) is 5.81. The Morgan fingerprint density at radius 3 is 2.53 bits per heavy atom. The van der Waals surface area contributed by atoms with Gasteiger partial charge in [-0.2, -0.15) is 0 Å². The molecule has 0 aliphatic heterocycles. The Balaban J connectivity index is 1.72. The number of ether oxygens (including phenoxy) is 1. The third-order valence-electron chi connectivity index (χ3n) is 3.38. The Bertz CT molecular complexity index is 373. The third kappa shape index (κ3) is 2.31. The van der Waals surface area contributed by atoms with E-state index in [1.165, 1.54) is 0 Å². The summed E-state index contributed by atoms with van der Waals surface area (Å²) in [6.07, 6.45) is 2.29. The molecule has 2 bridgehead atoms. The van der Waals surface area contributed by atoms with Crippen LogP contribution in [-0.2, 0) is 4.74 Å². The number of amides is 1. The molecule has 3 aliphatic rings. The van der Waals surface area contributed by atoms with Crippen LogP contribution in [0.5, 0.6) is 0 Å². The minimum Gasteiger partial charge on any atom is -0.444 e. The number of nitrogens with one attached hydrogen (secondary N) is 1. The van der Waals surface area contributed by atoms with E-state index in [-0.39, 0.29) is 17.0 Å². The number of alkyl carbamates (subject to hydrolysis) is 1. The van der Waals surface area contributed by atoms with Gasteiger partial charge in [-0.25, -0.2) is 4.79 Å². The second-order valence-electron chi connectivity index (χ2n) is 6.30. The molecule has 3 fully saturated rings. The van der Waals surface area contributed by atoms with Crippen molar-refractivity contribution in [1.82, 2.24) is 5.32 Å². The van der Waals surface area contributed by atoms with Gasteiger partial charge < -0.3 is 10.1 Å². The fourth-order valence-corrected chi connectivity index (χ4v) is 2.90. The molecule has 17 heavy (non-hydrogen) atoms. The number of azide groups is 1. The van der Waals surface area contributed by atoms with Crippen LogP contribution in [0.2, 0.25) is 0 Å². The number of nitrogens with zero attached hydrogens (tertiary/aromatic N) is 3. The predicted molar refractivity (Wildman–Crippen MR) is 62.4 cm³/mol. The summed E-state index contributed by atoms with van der Waals surface area (Å²) in [5.41, 5.74) is 7.95. The molecule has 0 aromatic heterocycles. The van der Waals surface area contributed by atoms with Crippen LogP contribution in [-0.4, -0.2) is 23.8 Å². The van der Waals surface area contributed by atoms with Crippen LogP contribution in [0.3, 0.4) is 0 Å². The van der Waals surface area contributed by atoms with E-state index in [9.17, 15) is 4.79 Å². The Morgan fingerprint density at radius 2 is 2.06 bits per heavy atom. The van der Waals surface area contributed by atoms with Crippen molar-refractivity contribution in [3.8, 4) is 0 Å². The molecule has 0 heterocycles. The number of hydrogen-bond acceptors (Lipinski definition) is 3. The average Bonchev–Trinajstić information content (AvgIpc) is 2.03. The minimum atomic E-state index is -0.462. The number of hydrogen-bond donors (Lipinski definition) is 1. The molecule has 0 unspecified atom stereocenters. The van der Waals surface area contributed by atoms with Gasteiger partial charge >= 0.3 is 6.09 Å². The highest BCUT2D eigenvalue weighted by Crippen LogP contribution is 2.69. The van der Waals surface area contributed by atoms with Gasteiger partial charge in [0.2, 0.25) is 0 Å². The fourth-order valence-electron chi connectivity index (χ4n) is 2.90. The van der Waals surface area contributed by atoms with Gasteiger partial charge in [-0.1, -0.05) is 5.11 Å². The Hall–Kier alpha value is -1.42. The maximum atomic E-state index is 11.5. The number of carbonyl (C=O) groups excluding carboxylic acids is 1. The molecule has 1 N–H and O–H groups in total. The van der Waals surface area contributed by atoms with E-state index >= 15 is 0 Å². The molecule has 6 nitrogen and oxygen atoms in total. The van der Waals surface area contributed by atoms with Crippen molar-refractivity contribution >= 4 is 6.09 Å². The van der Waals surface area contributed by atoms with Gasteiger partial charge in [0.05, 0.1) is 5.54 Å². The lowest BCUT2D eigenvalue weighted by molar-refractivity contribution is -0.126. The molecule has 3 aliphatic carbocycles. The van der Waals surface area contributed by atoms with E-state index in [1.807, 2.05) is 20.8 Å². The molecule has 0 saturated heterocycles. The molecule has 0 aromatic rings. The highest BCUT2D eigenvalue weighted by molar-refractivity contribution is 5.67. The van der Waals surface area contributed by atoms with Crippen molar-refractivity contribution in [3.63, 3.8) is 0 Å². The highest BCUT2D eigenvalue weighted by atomic mass is 16.6. The van der Waals surface area contributed by atoms with Crippen LogP contribution >= 0.6 is 0 Å². The Morgan fingerprint density at radius 1 is 1.47 bits per heavy atom. The van der Waals surface area contributed by atoms with Crippen LogP contribution in [0, 0.1) is 5.41 Å². The molecule has 1 amide bonds. The molecule has 94 valence electrons. The number of carbonyl (C=O) groups is 1. The Labute approximate surface area is 100 Å². The van der Waals surface area contributed by atoms with Gasteiger partial charge in [0.25, 0.3) is 0 Å². The lowest BCUT2D eigenvalue weighted by Gasteiger charge is -2.68. The zero-order valence-corrected chi connectivity index (χ0v) is 10.5. The zero-order valence-electron chi connectivity index (χ0n) is 10.5. The molecule has 0 atom stereocenters. The van der Waals surface area contributed by atoms with Gasteiger partial charge in [0.15, 0.2) is 0 Å². The van der Waals surface area contributed by atoms with Crippen molar-refractivity contribution in [1.29, 1.82) is 0 Å². The average molecular weight is 238 g/mol. The van der Waals surface area contributed by atoms with Crippen LogP contribution in [0.15, 0.2) is 5.11 Å². The summed E-state index contributed by atoms with van der Waals surface area (Å²) in [4.78, 5) is 14.3. The van der Waals surface area contributed by atoms with E-state index in [0.717, 1.165) is 19.3 Å². The monoisotopic (exact) mass is 238 g/mol. The van der Waals surface area contributed by atoms with Crippen LogP contribution < -0.4 is 5.32 Å². The third-order valence-corrected chi connectivity index (χ3v) is 3.38. The molecule has 6 heteroatoms. The predicted octanol–water partition coefficient (Wildman–Crippen LogP) is 2.74. The zero-order chi connectivity index (χ0) is 12.7. The molecular weight excluding hydrogens is 220 g/mol. The summed E-state index contributed by atoms with van der Waals surface area (Å²) < 4.78 is 5.16. The largest absolute Gasteiger partial charge is 0.444 e. The van der Waals surface area contributed by atoms with E-state index in [2.05, 4.69) is 15.3 Å². The second kappa shape index (κ2) is 3.53. The van der Waals surface area contributed by atoms with E-state index < -0.39 is 5.60 Å². The summed E-state index contributed by atoms with van der Waals surface area (Å²) in [6.45, 7) is 6.13. The lowest BCUT2D eigenvalue weighted by atomic mass is 9.40. The first-order valence-electron chi connectivity index (χ1n) is 5.81. The normalized spacial score (nSPS) is 33.8. The summed E-state index contributed by atoms with van der Waals surface area (Å²) in [6, 6.07) is 0. The minimum absolute atomic E-state index is 0.135. The first-order chi connectivity index (χ1) is 7.78. The summed E-state index contributed by atoms with van der Waals surface area (Å²) >= 11 is 0. The van der Waals surface area contributed by atoms with Crippen LogP contribution in [0.1, 0.15) is 40.0 Å². The van der Waals surface area contributed by atoms with Crippen LogP contribution in [0.4, 0.5) is 4.79 Å². The van der Waals surface area contributed by atoms with E-state index in [0.29, 0.717) is 6.54 Å². The van der Waals surface area contributed by atoms with E-state index in [4.69, 9.17) is 10.3 Å². The molecule has 0 radical (unpaired) electrons. The standard InChI is InChI=1S/C11H18N4O2/c1-9(2,3)17-8(16)13-7-10-4-11(5-10,6-10)14-15-12/h4-7H2,1-3H3,(H,13,16). The lowest BCUT2D eigenvalue weighted by Crippen LogP contribution is -2.69. The first kappa shape index (κ1) is 12.0. The van der Waals surface area contributed by atoms with Crippen molar-refractivity contribution in [2.45, 2.75) is 51.2 Å². The molecule has 3 rings (SSSR count). The summed E-state index contributed by atoms with van der Waals surface area (Å²) in [7, 11) is 0. The van der Waals surface area contributed by atoms with Crippen molar-refractivity contribution in [2.75, 3.05) is 6.54 Å². The molecule has 0 aromatic carbocycles. The summed E-state index contributed by atoms with van der Waals surface area (Å²) in [5.74, 6) is 0. The van der Waals surface area contributed by atoms with Gasteiger partial charge in [-0.15, -0.1) is 0 Å². The van der Waals surface area contributed by atoms with Gasteiger partial charge in [-0.3, -0.25) is 0 Å².